The predicted molar refractivity (Wildman–Crippen MR) is 119 cm³/mol. The molecule has 0 saturated heterocycles. The van der Waals surface area contributed by atoms with Gasteiger partial charge in [0.25, 0.3) is 11.8 Å². The van der Waals surface area contributed by atoms with Gasteiger partial charge in [0.15, 0.2) is 0 Å². The zero-order valence-electron chi connectivity index (χ0n) is 17.8. The maximum Gasteiger partial charge on any atom is 0.416 e. The highest BCUT2D eigenvalue weighted by molar-refractivity contribution is 7.19. The molecule has 3 aromatic rings. The van der Waals surface area contributed by atoms with Crippen molar-refractivity contribution in [3.05, 3.63) is 81.2 Å². The largest absolute Gasteiger partial charge is 0.465 e. The van der Waals surface area contributed by atoms with E-state index in [0.717, 1.165) is 30.6 Å². The quantitative estimate of drug-likeness (QED) is 0.465. The molecule has 2 N–H and O–H groups in total. The number of nitrogens with one attached hydrogen (secondary N) is 2. The SMILES string of the molecule is COC(=O)c1c(NC(=O)c2ccccc2C)sc(C(=O)Nc2cccc(C(F)(F)F)c2)c1C. The molecule has 10 heteroatoms. The molecule has 0 saturated carbocycles. The van der Waals surface area contributed by atoms with Crippen LogP contribution in [-0.4, -0.2) is 24.9 Å². The fourth-order valence-electron chi connectivity index (χ4n) is 3.13. The van der Waals surface area contributed by atoms with Crippen molar-refractivity contribution in [3.8, 4) is 0 Å². The van der Waals surface area contributed by atoms with E-state index in [-0.39, 0.29) is 26.7 Å². The van der Waals surface area contributed by atoms with Crippen LogP contribution in [0.4, 0.5) is 23.9 Å². The van der Waals surface area contributed by atoms with Crippen LogP contribution in [0.25, 0.3) is 0 Å². The van der Waals surface area contributed by atoms with Crippen molar-refractivity contribution in [1.29, 1.82) is 0 Å². The van der Waals surface area contributed by atoms with Gasteiger partial charge in [-0.3, -0.25) is 9.59 Å². The van der Waals surface area contributed by atoms with Crippen molar-refractivity contribution < 1.29 is 32.3 Å². The van der Waals surface area contributed by atoms with Gasteiger partial charge in [-0.2, -0.15) is 13.2 Å². The Bertz CT molecular complexity index is 1230. The zero-order chi connectivity index (χ0) is 24.3. The van der Waals surface area contributed by atoms with Gasteiger partial charge in [0.2, 0.25) is 0 Å². The van der Waals surface area contributed by atoms with E-state index < -0.39 is 29.5 Å². The number of anilines is 2. The van der Waals surface area contributed by atoms with Crippen LogP contribution in [0.1, 0.15) is 47.1 Å². The lowest BCUT2D eigenvalue weighted by Gasteiger charge is -2.09. The van der Waals surface area contributed by atoms with Gasteiger partial charge in [-0.05, 0) is 49.2 Å². The molecule has 0 radical (unpaired) electrons. The Kier molecular flexibility index (Phi) is 6.87. The van der Waals surface area contributed by atoms with Crippen molar-refractivity contribution in [2.75, 3.05) is 17.7 Å². The number of amides is 2. The average Bonchev–Trinajstić information content (AvgIpc) is 3.08. The molecule has 172 valence electrons. The Morgan fingerprint density at radius 2 is 1.64 bits per heavy atom. The number of hydrogen-bond acceptors (Lipinski definition) is 5. The number of ether oxygens (including phenoxy) is 1. The van der Waals surface area contributed by atoms with Crippen molar-refractivity contribution in [2.24, 2.45) is 0 Å². The van der Waals surface area contributed by atoms with Gasteiger partial charge in [-0.15, -0.1) is 11.3 Å². The number of benzene rings is 2. The number of halogens is 3. The van der Waals surface area contributed by atoms with Gasteiger partial charge >= 0.3 is 12.1 Å². The van der Waals surface area contributed by atoms with Crippen molar-refractivity contribution >= 4 is 39.8 Å². The normalized spacial score (nSPS) is 11.1. The second-order valence-electron chi connectivity index (χ2n) is 7.05. The smallest absolute Gasteiger partial charge is 0.416 e. The Hall–Kier alpha value is -3.66. The predicted octanol–water partition coefficient (Wildman–Crippen LogP) is 5.67. The van der Waals surface area contributed by atoms with Crippen LogP contribution < -0.4 is 10.6 Å². The minimum Gasteiger partial charge on any atom is -0.465 e. The minimum atomic E-state index is -4.56. The first kappa shape index (κ1) is 24.0. The second-order valence-corrected chi connectivity index (χ2v) is 8.07. The Labute approximate surface area is 191 Å². The number of carbonyl (C=O) groups excluding carboxylic acids is 3. The first-order chi connectivity index (χ1) is 15.5. The van der Waals surface area contributed by atoms with E-state index >= 15 is 0 Å². The molecule has 0 bridgehead atoms. The molecule has 0 spiro atoms. The van der Waals surface area contributed by atoms with Crippen molar-refractivity contribution in [2.45, 2.75) is 20.0 Å². The molecule has 0 aliphatic carbocycles. The summed E-state index contributed by atoms with van der Waals surface area (Å²) < 4.78 is 43.7. The number of esters is 1. The van der Waals surface area contributed by atoms with Gasteiger partial charge in [-0.25, -0.2) is 4.79 Å². The highest BCUT2D eigenvalue weighted by atomic mass is 32.1. The maximum atomic E-state index is 13.0. The molecule has 0 aliphatic rings. The summed E-state index contributed by atoms with van der Waals surface area (Å²) in [5.74, 6) is -1.97. The van der Waals surface area contributed by atoms with Gasteiger partial charge in [0, 0.05) is 11.3 Å². The second kappa shape index (κ2) is 9.45. The number of hydrogen-bond donors (Lipinski definition) is 2. The van der Waals surface area contributed by atoms with Crippen LogP contribution in [0, 0.1) is 13.8 Å². The van der Waals surface area contributed by atoms with E-state index in [2.05, 4.69) is 10.6 Å². The van der Waals surface area contributed by atoms with Crippen LogP contribution >= 0.6 is 11.3 Å². The molecular weight excluding hydrogens is 457 g/mol. The number of carbonyl (C=O) groups is 3. The summed E-state index contributed by atoms with van der Waals surface area (Å²) in [6, 6.07) is 11.0. The number of aryl methyl sites for hydroxylation is 1. The third-order valence-electron chi connectivity index (χ3n) is 4.81. The summed E-state index contributed by atoms with van der Waals surface area (Å²) in [6.07, 6.45) is -4.56. The standard InChI is InChI=1S/C23H19F3N2O4S/c1-12-7-4-5-10-16(12)19(29)28-21-17(22(31)32-3)13(2)18(33-21)20(30)27-15-9-6-8-14(11-15)23(24,25)26/h4-11H,1-3H3,(H,27,30)(H,28,29). The molecule has 0 unspecified atom stereocenters. The van der Waals surface area contributed by atoms with Gasteiger partial charge in [-0.1, -0.05) is 24.3 Å². The summed E-state index contributed by atoms with van der Waals surface area (Å²) in [4.78, 5) is 38.0. The molecule has 0 atom stereocenters. The molecule has 3 rings (SSSR count). The van der Waals surface area contributed by atoms with Crippen LogP contribution in [-0.2, 0) is 10.9 Å². The lowest BCUT2D eigenvalue weighted by atomic mass is 10.1. The average molecular weight is 476 g/mol. The van der Waals surface area contributed by atoms with Crippen LogP contribution in [0.5, 0.6) is 0 Å². The fraction of sp³-hybridized carbons (Fsp3) is 0.174. The summed E-state index contributed by atoms with van der Waals surface area (Å²) in [6.45, 7) is 3.25. The lowest BCUT2D eigenvalue weighted by molar-refractivity contribution is -0.137. The van der Waals surface area contributed by atoms with E-state index in [1.807, 2.05) is 0 Å². The lowest BCUT2D eigenvalue weighted by Crippen LogP contribution is -2.15. The monoisotopic (exact) mass is 476 g/mol. The molecule has 1 aromatic heterocycles. The molecule has 0 aliphatic heterocycles. The van der Waals surface area contributed by atoms with Gasteiger partial charge in [0.05, 0.1) is 23.1 Å². The fourth-order valence-corrected chi connectivity index (χ4v) is 4.21. The minimum absolute atomic E-state index is 0.00127. The third-order valence-corrected chi connectivity index (χ3v) is 6.01. The number of methoxy groups -OCH3 is 1. The first-order valence-electron chi connectivity index (χ1n) is 9.60. The number of alkyl halides is 3. The summed E-state index contributed by atoms with van der Waals surface area (Å²) in [7, 11) is 1.16. The Morgan fingerprint density at radius 3 is 2.27 bits per heavy atom. The molecule has 2 amide bonds. The van der Waals surface area contributed by atoms with Crippen LogP contribution in [0.2, 0.25) is 0 Å². The van der Waals surface area contributed by atoms with Gasteiger partial charge in [0.1, 0.15) is 5.00 Å². The Morgan fingerprint density at radius 1 is 0.939 bits per heavy atom. The number of rotatable bonds is 5. The molecule has 33 heavy (non-hydrogen) atoms. The molecule has 1 heterocycles. The van der Waals surface area contributed by atoms with E-state index in [0.29, 0.717) is 11.1 Å². The summed E-state index contributed by atoms with van der Waals surface area (Å²) >= 11 is 0.829. The molecular formula is C23H19F3N2O4S. The number of thiophene rings is 1. The molecule has 2 aromatic carbocycles. The zero-order valence-corrected chi connectivity index (χ0v) is 18.6. The van der Waals surface area contributed by atoms with Crippen LogP contribution in [0.15, 0.2) is 48.5 Å². The highest BCUT2D eigenvalue weighted by Crippen LogP contribution is 2.35. The molecule has 6 nitrogen and oxygen atoms in total. The van der Waals surface area contributed by atoms with Crippen LogP contribution in [0.3, 0.4) is 0 Å². The van der Waals surface area contributed by atoms with E-state index in [1.54, 1.807) is 31.2 Å². The Balaban J connectivity index is 1.94. The first-order valence-corrected chi connectivity index (χ1v) is 10.4. The maximum absolute atomic E-state index is 13.0. The molecule has 0 fully saturated rings. The van der Waals surface area contributed by atoms with Crippen molar-refractivity contribution in [1.82, 2.24) is 0 Å². The van der Waals surface area contributed by atoms with E-state index in [4.69, 9.17) is 4.74 Å². The van der Waals surface area contributed by atoms with Crippen molar-refractivity contribution in [3.63, 3.8) is 0 Å². The third kappa shape index (κ3) is 5.23. The topological polar surface area (TPSA) is 84.5 Å². The summed E-state index contributed by atoms with van der Waals surface area (Å²) in [5.41, 5.74) is 0.354. The van der Waals surface area contributed by atoms with E-state index in [1.165, 1.54) is 19.1 Å². The van der Waals surface area contributed by atoms with E-state index in [9.17, 15) is 27.6 Å². The highest BCUT2D eigenvalue weighted by Gasteiger charge is 2.31. The van der Waals surface area contributed by atoms with Gasteiger partial charge < -0.3 is 15.4 Å². The summed E-state index contributed by atoms with van der Waals surface area (Å²) in [5, 5.41) is 5.15.